The Balaban J connectivity index is 2.94. The fourth-order valence-corrected chi connectivity index (χ4v) is 1.04. The summed E-state index contributed by atoms with van der Waals surface area (Å²) < 4.78 is 0. The zero-order chi connectivity index (χ0) is 9.23. The average molecular weight is 167 g/mol. The standard InChI is InChI=1S/C11H21N/c1-4-5-6-9-12-10-7-8-11(2)3/h11-12H,6-10H2,1-3H3. The predicted molar refractivity (Wildman–Crippen MR) is 55.0 cm³/mol. The van der Waals surface area contributed by atoms with E-state index in [0.29, 0.717) is 0 Å². The fourth-order valence-electron chi connectivity index (χ4n) is 1.04. The average Bonchev–Trinajstić information content (AvgIpc) is 2.02. The molecule has 0 aromatic carbocycles. The molecule has 0 saturated heterocycles. The van der Waals surface area contributed by atoms with Crippen molar-refractivity contribution in [2.75, 3.05) is 13.1 Å². The van der Waals surface area contributed by atoms with E-state index in [2.05, 4.69) is 31.0 Å². The molecule has 0 aromatic rings. The predicted octanol–water partition coefficient (Wildman–Crippen LogP) is 2.43. The minimum Gasteiger partial charge on any atom is -0.316 e. The molecule has 0 saturated carbocycles. The normalized spacial score (nSPS) is 9.67. The van der Waals surface area contributed by atoms with Crippen LogP contribution < -0.4 is 5.32 Å². The largest absolute Gasteiger partial charge is 0.316 e. The molecule has 0 fully saturated rings. The first kappa shape index (κ1) is 11.5. The third kappa shape index (κ3) is 9.52. The van der Waals surface area contributed by atoms with Gasteiger partial charge >= 0.3 is 0 Å². The quantitative estimate of drug-likeness (QED) is 0.473. The Morgan fingerprint density at radius 1 is 1.25 bits per heavy atom. The van der Waals surface area contributed by atoms with Gasteiger partial charge in [0.05, 0.1) is 0 Å². The van der Waals surface area contributed by atoms with Gasteiger partial charge in [-0.05, 0) is 32.2 Å². The maximum atomic E-state index is 3.37. The summed E-state index contributed by atoms with van der Waals surface area (Å²) in [6.07, 6.45) is 3.60. The van der Waals surface area contributed by atoms with Gasteiger partial charge < -0.3 is 5.32 Å². The molecule has 0 aliphatic rings. The highest BCUT2D eigenvalue weighted by Crippen LogP contribution is 2.01. The van der Waals surface area contributed by atoms with Gasteiger partial charge in [0.15, 0.2) is 0 Å². The summed E-state index contributed by atoms with van der Waals surface area (Å²) in [7, 11) is 0. The van der Waals surface area contributed by atoms with Gasteiger partial charge in [0.1, 0.15) is 0 Å². The number of rotatable bonds is 6. The molecule has 0 spiro atoms. The van der Waals surface area contributed by atoms with Crippen LogP contribution >= 0.6 is 0 Å². The molecule has 1 nitrogen and oxygen atoms in total. The van der Waals surface area contributed by atoms with E-state index in [1.54, 1.807) is 0 Å². The number of nitrogens with one attached hydrogen (secondary N) is 1. The van der Waals surface area contributed by atoms with Crippen LogP contribution in [0.15, 0.2) is 0 Å². The molecule has 0 rings (SSSR count). The van der Waals surface area contributed by atoms with Crippen molar-refractivity contribution >= 4 is 0 Å². The molecule has 0 atom stereocenters. The topological polar surface area (TPSA) is 12.0 Å². The summed E-state index contributed by atoms with van der Waals surface area (Å²) in [5, 5.41) is 3.37. The lowest BCUT2D eigenvalue weighted by molar-refractivity contribution is 0.530. The van der Waals surface area contributed by atoms with E-state index in [-0.39, 0.29) is 0 Å². The Morgan fingerprint density at radius 3 is 2.58 bits per heavy atom. The molecule has 12 heavy (non-hydrogen) atoms. The lowest BCUT2D eigenvalue weighted by Gasteiger charge is -2.04. The van der Waals surface area contributed by atoms with Crippen LogP contribution in [0.4, 0.5) is 0 Å². The van der Waals surface area contributed by atoms with E-state index in [4.69, 9.17) is 0 Å². The molecule has 0 radical (unpaired) electrons. The summed E-state index contributed by atoms with van der Waals surface area (Å²) in [6, 6.07) is 0. The molecule has 0 aliphatic heterocycles. The Kier molecular flexibility index (Phi) is 8.27. The van der Waals surface area contributed by atoms with Gasteiger partial charge in [-0.15, -0.1) is 11.8 Å². The minimum atomic E-state index is 0.835. The summed E-state index contributed by atoms with van der Waals surface area (Å²) in [5.74, 6) is 6.76. The molecule has 0 unspecified atom stereocenters. The third-order valence-corrected chi connectivity index (χ3v) is 1.74. The molecule has 0 aliphatic carbocycles. The van der Waals surface area contributed by atoms with Crippen molar-refractivity contribution in [2.45, 2.75) is 40.0 Å². The van der Waals surface area contributed by atoms with Crippen molar-refractivity contribution in [1.29, 1.82) is 0 Å². The van der Waals surface area contributed by atoms with E-state index in [9.17, 15) is 0 Å². The number of hydrogen-bond acceptors (Lipinski definition) is 1. The second-order valence-electron chi connectivity index (χ2n) is 3.46. The smallest absolute Gasteiger partial charge is 0.0214 e. The molecule has 1 heteroatoms. The van der Waals surface area contributed by atoms with E-state index in [0.717, 1.165) is 25.4 Å². The summed E-state index contributed by atoms with van der Waals surface area (Å²) >= 11 is 0. The second-order valence-corrected chi connectivity index (χ2v) is 3.46. The van der Waals surface area contributed by atoms with Gasteiger partial charge in [-0.3, -0.25) is 0 Å². The van der Waals surface area contributed by atoms with Gasteiger partial charge in [-0.25, -0.2) is 0 Å². The first-order valence-corrected chi connectivity index (χ1v) is 4.87. The Hall–Kier alpha value is -0.480. The highest BCUT2D eigenvalue weighted by Gasteiger charge is 1.92. The van der Waals surface area contributed by atoms with Gasteiger partial charge in [-0.1, -0.05) is 13.8 Å². The SMILES string of the molecule is CC#CCCNCCCC(C)C. The van der Waals surface area contributed by atoms with Crippen LogP contribution in [0.25, 0.3) is 0 Å². The fraction of sp³-hybridized carbons (Fsp3) is 0.818. The second kappa shape index (κ2) is 8.62. The molecule has 70 valence electrons. The molecular formula is C11H21N. The molecule has 0 amide bonds. The van der Waals surface area contributed by atoms with Crippen molar-refractivity contribution in [1.82, 2.24) is 5.32 Å². The maximum Gasteiger partial charge on any atom is 0.0214 e. The molecule has 0 aromatic heterocycles. The molecule has 0 bridgehead atoms. The first-order chi connectivity index (χ1) is 5.77. The lowest BCUT2D eigenvalue weighted by atomic mass is 10.1. The van der Waals surface area contributed by atoms with Crippen LogP contribution in [0.3, 0.4) is 0 Å². The van der Waals surface area contributed by atoms with Crippen molar-refractivity contribution < 1.29 is 0 Å². The van der Waals surface area contributed by atoms with Gasteiger partial charge in [0, 0.05) is 13.0 Å². The first-order valence-electron chi connectivity index (χ1n) is 4.87. The summed E-state index contributed by atoms with van der Waals surface area (Å²) in [5.41, 5.74) is 0. The van der Waals surface area contributed by atoms with Crippen LogP contribution in [-0.2, 0) is 0 Å². The maximum absolute atomic E-state index is 3.37. The van der Waals surface area contributed by atoms with Crippen LogP contribution in [0.2, 0.25) is 0 Å². The minimum absolute atomic E-state index is 0.835. The molecule has 1 N–H and O–H groups in total. The summed E-state index contributed by atoms with van der Waals surface area (Å²) in [4.78, 5) is 0. The van der Waals surface area contributed by atoms with E-state index >= 15 is 0 Å². The van der Waals surface area contributed by atoms with Crippen LogP contribution in [0.1, 0.15) is 40.0 Å². The van der Waals surface area contributed by atoms with Gasteiger partial charge in [-0.2, -0.15) is 0 Å². The van der Waals surface area contributed by atoms with Crippen molar-refractivity contribution in [2.24, 2.45) is 5.92 Å². The highest BCUT2D eigenvalue weighted by atomic mass is 14.8. The van der Waals surface area contributed by atoms with Gasteiger partial charge in [0.2, 0.25) is 0 Å². The highest BCUT2D eigenvalue weighted by molar-refractivity contribution is 4.94. The van der Waals surface area contributed by atoms with Crippen LogP contribution in [0.5, 0.6) is 0 Å². The Morgan fingerprint density at radius 2 is 2.00 bits per heavy atom. The Bertz CT molecular complexity index is 139. The van der Waals surface area contributed by atoms with Gasteiger partial charge in [0.25, 0.3) is 0 Å². The monoisotopic (exact) mass is 167 g/mol. The summed E-state index contributed by atoms with van der Waals surface area (Å²) in [6.45, 7) is 8.60. The van der Waals surface area contributed by atoms with E-state index in [1.165, 1.54) is 12.8 Å². The molecule has 0 heterocycles. The zero-order valence-corrected chi connectivity index (χ0v) is 8.61. The third-order valence-electron chi connectivity index (χ3n) is 1.74. The van der Waals surface area contributed by atoms with Crippen LogP contribution in [-0.4, -0.2) is 13.1 Å². The zero-order valence-electron chi connectivity index (χ0n) is 8.61. The van der Waals surface area contributed by atoms with Crippen molar-refractivity contribution in [3.8, 4) is 11.8 Å². The number of hydrogen-bond donors (Lipinski definition) is 1. The van der Waals surface area contributed by atoms with E-state index < -0.39 is 0 Å². The Labute approximate surface area is 76.9 Å². The molecular weight excluding hydrogens is 146 g/mol. The van der Waals surface area contributed by atoms with Crippen molar-refractivity contribution in [3.05, 3.63) is 0 Å². The van der Waals surface area contributed by atoms with Crippen molar-refractivity contribution in [3.63, 3.8) is 0 Å². The lowest BCUT2D eigenvalue weighted by Crippen LogP contribution is -2.16. The van der Waals surface area contributed by atoms with E-state index in [1.807, 2.05) is 6.92 Å². The van der Waals surface area contributed by atoms with Crippen LogP contribution in [0, 0.1) is 17.8 Å².